The predicted octanol–water partition coefficient (Wildman–Crippen LogP) is 15.4. The van der Waals surface area contributed by atoms with Gasteiger partial charge in [-0.3, -0.25) is 0 Å². The summed E-state index contributed by atoms with van der Waals surface area (Å²) in [6.07, 6.45) is 0.993. The van der Waals surface area contributed by atoms with Gasteiger partial charge < -0.3 is 4.57 Å². The Morgan fingerprint density at radius 1 is 0.541 bits per heavy atom. The molecule has 2 heteroatoms. The average molecular weight is 781 g/mol. The van der Waals surface area contributed by atoms with E-state index in [1.807, 2.05) is 18.2 Å². The zero-order chi connectivity index (χ0) is 41.0. The second-order valence-electron chi connectivity index (χ2n) is 16.4. The molecule has 0 fully saturated rings. The summed E-state index contributed by atoms with van der Waals surface area (Å²) < 4.78 is 2.62. The maximum atomic E-state index is 5.26. The highest BCUT2D eigenvalue weighted by Gasteiger charge is 2.31. The van der Waals surface area contributed by atoms with Crippen LogP contribution in [0.2, 0.25) is 0 Å². The smallest absolute Gasteiger partial charge is 0.0784 e. The Bertz CT molecular complexity index is 3350. The molecule has 1 atom stereocenters. The first-order chi connectivity index (χ1) is 30.0. The van der Waals surface area contributed by atoms with Crippen LogP contribution >= 0.6 is 0 Å². The highest BCUT2D eigenvalue weighted by atomic mass is 15.0. The SMILES string of the molecule is C=C(N=C(c1ccccc1)c1cc(-c2ccc(-n3c4c(c5c6ccccc6c(-c6ccccc6)cc53)-c3ccccc3CC4C)c3ccccc23)ccc1C)c1ccccc1. The molecule has 1 heterocycles. The van der Waals surface area contributed by atoms with Crippen LogP contribution < -0.4 is 0 Å². The molecule has 10 aromatic rings. The van der Waals surface area contributed by atoms with Crippen LogP contribution in [0.15, 0.2) is 212 Å². The monoisotopic (exact) mass is 780 g/mol. The summed E-state index contributed by atoms with van der Waals surface area (Å²) in [4.78, 5) is 5.26. The Morgan fingerprint density at radius 3 is 1.89 bits per heavy atom. The molecule has 2 nitrogen and oxygen atoms in total. The van der Waals surface area contributed by atoms with E-state index in [2.05, 4.69) is 207 Å². The molecule has 0 amide bonds. The zero-order valence-electron chi connectivity index (χ0n) is 34.4. The largest absolute Gasteiger partial charge is 0.312 e. The molecule has 0 radical (unpaired) electrons. The minimum absolute atomic E-state index is 0.302. The number of hydrogen-bond acceptors (Lipinski definition) is 1. The molecule has 11 rings (SSSR count). The lowest BCUT2D eigenvalue weighted by molar-refractivity contribution is 0.707. The van der Waals surface area contributed by atoms with Gasteiger partial charge in [-0.05, 0) is 92.2 Å². The summed E-state index contributed by atoms with van der Waals surface area (Å²) in [5.41, 5.74) is 18.7. The highest BCUT2D eigenvalue weighted by molar-refractivity contribution is 6.21. The molecule has 1 aliphatic rings. The lowest BCUT2D eigenvalue weighted by atomic mass is 9.81. The minimum Gasteiger partial charge on any atom is -0.312 e. The van der Waals surface area contributed by atoms with E-state index < -0.39 is 0 Å². The second-order valence-corrected chi connectivity index (χ2v) is 16.4. The topological polar surface area (TPSA) is 17.3 Å². The molecule has 290 valence electrons. The Hall–Kier alpha value is -7.55. The van der Waals surface area contributed by atoms with E-state index in [1.54, 1.807) is 0 Å². The van der Waals surface area contributed by atoms with E-state index >= 15 is 0 Å². The average Bonchev–Trinajstić information content (AvgIpc) is 3.67. The van der Waals surface area contributed by atoms with Crippen molar-refractivity contribution in [2.75, 3.05) is 0 Å². The quantitative estimate of drug-likeness (QED) is 0.143. The molecule has 0 N–H and O–H groups in total. The molecule has 61 heavy (non-hydrogen) atoms. The van der Waals surface area contributed by atoms with Gasteiger partial charge in [-0.1, -0.05) is 195 Å². The number of nitrogens with zero attached hydrogens (tertiary/aromatic N) is 2. The van der Waals surface area contributed by atoms with Gasteiger partial charge in [-0.25, -0.2) is 4.99 Å². The maximum absolute atomic E-state index is 5.26. The number of aryl methyl sites for hydroxylation is 1. The molecule has 0 bridgehead atoms. The van der Waals surface area contributed by atoms with Gasteiger partial charge in [0.15, 0.2) is 0 Å². The van der Waals surface area contributed by atoms with Crippen molar-refractivity contribution in [3.05, 3.63) is 240 Å². The number of aromatic nitrogens is 1. The molecular weight excluding hydrogens is 737 g/mol. The van der Waals surface area contributed by atoms with Crippen molar-refractivity contribution in [3.8, 4) is 39.1 Å². The van der Waals surface area contributed by atoms with Crippen LogP contribution in [0.4, 0.5) is 0 Å². The minimum atomic E-state index is 0.302. The van der Waals surface area contributed by atoms with Crippen molar-refractivity contribution in [2.24, 2.45) is 4.99 Å². The summed E-state index contributed by atoms with van der Waals surface area (Å²) in [6, 6.07) is 72.6. The fourth-order valence-corrected chi connectivity index (χ4v) is 9.87. The van der Waals surface area contributed by atoms with Crippen LogP contribution in [0.1, 0.15) is 46.4 Å². The first-order valence-electron chi connectivity index (χ1n) is 21.3. The summed E-state index contributed by atoms with van der Waals surface area (Å²) >= 11 is 0. The third kappa shape index (κ3) is 6.14. The van der Waals surface area contributed by atoms with E-state index in [0.29, 0.717) is 5.92 Å². The lowest BCUT2D eigenvalue weighted by Crippen LogP contribution is -2.12. The van der Waals surface area contributed by atoms with Crippen LogP contribution in [-0.2, 0) is 6.42 Å². The van der Waals surface area contributed by atoms with Gasteiger partial charge in [0, 0.05) is 39.1 Å². The van der Waals surface area contributed by atoms with Crippen molar-refractivity contribution in [1.82, 2.24) is 4.57 Å². The van der Waals surface area contributed by atoms with Crippen molar-refractivity contribution in [2.45, 2.75) is 26.2 Å². The molecule has 1 unspecified atom stereocenters. The predicted molar refractivity (Wildman–Crippen MR) is 259 cm³/mol. The number of hydrogen-bond donors (Lipinski definition) is 0. The lowest BCUT2D eigenvalue weighted by Gasteiger charge is -2.26. The van der Waals surface area contributed by atoms with E-state index in [9.17, 15) is 0 Å². The Morgan fingerprint density at radius 2 is 1.15 bits per heavy atom. The molecule has 0 saturated heterocycles. The van der Waals surface area contributed by atoms with E-state index in [1.165, 1.54) is 77.2 Å². The molecule has 0 aliphatic heterocycles. The summed E-state index contributed by atoms with van der Waals surface area (Å²) in [5, 5.41) is 6.32. The molecule has 0 saturated carbocycles. The van der Waals surface area contributed by atoms with Crippen LogP contribution in [-0.4, -0.2) is 10.3 Å². The van der Waals surface area contributed by atoms with Crippen LogP contribution in [0.25, 0.3) is 77.2 Å². The van der Waals surface area contributed by atoms with Crippen LogP contribution in [0, 0.1) is 6.92 Å². The fraction of sp³-hybridized carbons (Fsp3) is 0.0678. The molecule has 0 spiro atoms. The zero-order valence-corrected chi connectivity index (χ0v) is 34.4. The van der Waals surface area contributed by atoms with Crippen LogP contribution in [0.3, 0.4) is 0 Å². The third-order valence-electron chi connectivity index (χ3n) is 12.7. The standard InChI is InChI=1S/C59H44N2/c1-38-31-32-45(36-52(38)58(43-23-11-6-12-24-43)60-40(3)41-19-7-4-8-20-41)46-33-34-54(50-29-17-15-27-48(46)50)61-55-37-53(42-21-9-5-10-22-42)49-28-16-18-30-51(49)56(55)57-47-26-14-13-25-44(47)35-39(2)59(57)61/h4-34,36-37,39H,3,35H2,1-2H3. The number of aliphatic imine (C=N–C) groups is 1. The van der Waals surface area contributed by atoms with E-state index in [-0.39, 0.29) is 0 Å². The van der Waals surface area contributed by atoms with Gasteiger partial charge in [-0.15, -0.1) is 0 Å². The summed E-state index contributed by atoms with van der Waals surface area (Å²) in [7, 11) is 0. The van der Waals surface area contributed by atoms with Gasteiger partial charge in [0.25, 0.3) is 0 Å². The second kappa shape index (κ2) is 14.9. The van der Waals surface area contributed by atoms with Crippen molar-refractivity contribution in [1.29, 1.82) is 0 Å². The van der Waals surface area contributed by atoms with Crippen LogP contribution in [0.5, 0.6) is 0 Å². The molecule has 1 aliphatic carbocycles. The first kappa shape index (κ1) is 36.5. The van der Waals surface area contributed by atoms with Gasteiger partial charge in [-0.2, -0.15) is 0 Å². The van der Waals surface area contributed by atoms with Gasteiger partial charge in [0.2, 0.25) is 0 Å². The van der Waals surface area contributed by atoms with E-state index in [4.69, 9.17) is 4.99 Å². The van der Waals surface area contributed by atoms with Gasteiger partial charge in [0.1, 0.15) is 0 Å². The van der Waals surface area contributed by atoms with Crippen molar-refractivity contribution >= 4 is 43.9 Å². The normalized spacial score (nSPS) is 13.7. The number of benzene rings is 9. The third-order valence-corrected chi connectivity index (χ3v) is 12.7. The van der Waals surface area contributed by atoms with Crippen molar-refractivity contribution < 1.29 is 0 Å². The number of fused-ring (bicyclic) bond motifs is 8. The van der Waals surface area contributed by atoms with Gasteiger partial charge >= 0.3 is 0 Å². The Kier molecular flexibility index (Phi) is 8.94. The first-order valence-corrected chi connectivity index (χ1v) is 21.3. The molecule has 9 aromatic carbocycles. The molecule has 1 aromatic heterocycles. The fourth-order valence-electron chi connectivity index (χ4n) is 9.87. The van der Waals surface area contributed by atoms with Gasteiger partial charge in [0.05, 0.1) is 22.6 Å². The maximum Gasteiger partial charge on any atom is 0.0784 e. The Balaban J connectivity index is 1.16. The van der Waals surface area contributed by atoms with Crippen molar-refractivity contribution in [3.63, 3.8) is 0 Å². The summed E-state index contributed by atoms with van der Waals surface area (Å²) in [6.45, 7) is 9.01. The Labute approximate surface area is 357 Å². The number of rotatable bonds is 7. The van der Waals surface area contributed by atoms with E-state index in [0.717, 1.165) is 45.6 Å². The highest BCUT2D eigenvalue weighted by Crippen LogP contribution is 2.51. The summed E-state index contributed by atoms with van der Waals surface area (Å²) in [5.74, 6) is 0.302. The molecular formula is C59H44N2.